The maximum Gasteiger partial charge on any atom is 0.117 e. The molecule has 5 atom stereocenters. The molecule has 5 N–H and O–H groups in total. The molecule has 5 heteroatoms. The number of aliphatic hydroxyl groups is 5. The molecule has 2 aliphatic rings. The van der Waals surface area contributed by atoms with Crippen LogP contribution >= 0.6 is 0 Å². The van der Waals surface area contributed by atoms with E-state index in [0.717, 1.165) is 27.9 Å². The van der Waals surface area contributed by atoms with Crippen molar-refractivity contribution < 1.29 is 25.5 Å². The molecule has 0 heterocycles. The lowest BCUT2D eigenvalue weighted by Gasteiger charge is -2.41. The molecule has 0 radical (unpaired) electrons. The molecule has 0 amide bonds. The zero-order chi connectivity index (χ0) is 34.2. The van der Waals surface area contributed by atoms with Gasteiger partial charge in [-0.05, 0) is 87.5 Å². The van der Waals surface area contributed by atoms with E-state index < -0.39 is 29.8 Å². The number of rotatable bonds is 11. The average Bonchev–Trinajstić information content (AvgIpc) is 3.15. The fourth-order valence-corrected chi connectivity index (χ4v) is 6.31. The summed E-state index contributed by atoms with van der Waals surface area (Å²) >= 11 is 0. The molecule has 0 bridgehead atoms. The minimum absolute atomic E-state index is 0.0445. The van der Waals surface area contributed by atoms with Gasteiger partial charge in [-0.3, -0.25) is 0 Å². The molecule has 5 nitrogen and oxygen atoms in total. The molecular formula is C40H58O5. The third-order valence-corrected chi connectivity index (χ3v) is 9.77. The van der Waals surface area contributed by atoms with E-state index in [2.05, 4.69) is 39.8 Å². The summed E-state index contributed by atoms with van der Waals surface area (Å²) < 4.78 is 0. The third-order valence-electron chi connectivity index (χ3n) is 9.77. The molecule has 1 unspecified atom stereocenters. The molecule has 0 spiro atoms. The first kappa shape index (κ1) is 38.2. The van der Waals surface area contributed by atoms with Gasteiger partial charge in [0.05, 0.1) is 18.3 Å². The highest BCUT2D eigenvalue weighted by molar-refractivity contribution is 5.39. The van der Waals surface area contributed by atoms with Crippen molar-refractivity contribution in [2.45, 2.75) is 113 Å². The van der Waals surface area contributed by atoms with Crippen LogP contribution in [0.3, 0.4) is 0 Å². The van der Waals surface area contributed by atoms with Crippen LogP contribution in [-0.2, 0) is 0 Å². The van der Waals surface area contributed by atoms with Crippen molar-refractivity contribution in [2.75, 3.05) is 0 Å². The Balaban J connectivity index is 1.94. The van der Waals surface area contributed by atoms with Crippen molar-refractivity contribution in [1.82, 2.24) is 0 Å². The van der Waals surface area contributed by atoms with Gasteiger partial charge in [-0.1, -0.05) is 124 Å². The fourth-order valence-electron chi connectivity index (χ4n) is 6.31. The van der Waals surface area contributed by atoms with Crippen LogP contribution in [0.4, 0.5) is 0 Å². The van der Waals surface area contributed by atoms with Gasteiger partial charge in [0, 0.05) is 5.41 Å². The highest BCUT2D eigenvalue weighted by Gasteiger charge is 2.52. The predicted molar refractivity (Wildman–Crippen MR) is 189 cm³/mol. The quantitative estimate of drug-likeness (QED) is 0.118. The van der Waals surface area contributed by atoms with Crippen LogP contribution in [0.5, 0.6) is 0 Å². The maximum absolute atomic E-state index is 10.9. The zero-order valence-corrected chi connectivity index (χ0v) is 29.2. The average molecular weight is 619 g/mol. The summed E-state index contributed by atoms with van der Waals surface area (Å²) in [7, 11) is 0. The topological polar surface area (TPSA) is 101 Å². The van der Waals surface area contributed by atoms with Crippen LogP contribution in [0.2, 0.25) is 0 Å². The SMILES string of the molecule is CC1=C(/C=C/C(C)=C/C=C/C(C)=C/C=C/C=C(C)/C=C/C=C(C)/C(O)=C/C(O)[C@]2(C)C[C@@H](O)CC2(C)C)C(C)(C)C[C@H](O)[C@@H]1O. The van der Waals surface area contributed by atoms with Crippen LogP contribution in [0.25, 0.3) is 0 Å². The zero-order valence-electron chi connectivity index (χ0n) is 29.2. The van der Waals surface area contributed by atoms with Gasteiger partial charge < -0.3 is 25.5 Å². The van der Waals surface area contributed by atoms with E-state index in [0.29, 0.717) is 24.8 Å². The van der Waals surface area contributed by atoms with Crippen LogP contribution in [0, 0.1) is 16.2 Å². The third kappa shape index (κ3) is 10.5. The summed E-state index contributed by atoms with van der Waals surface area (Å²) in [5.74, 6) is 0.0445. The van der Waals surface area contributed by atoms with E-state index in [1.807, 2.05) is 95.4 Å². The molecule has 0 aromatic rings. The van der Waals surface area contributed by atoms with Gasteiger partial charge in [0.2, 0.25) is 0 Å². The number of aliphatic hydroxyl groups excluding tert-OH is 5. The van der Waals surface area contributed by atoms with Gasteiger partial charge in [-0.15, -0.1) is 0 Å². The largest absolute Gasteiger partial charge is 0.508 e. The molecule has 1 fully saturated rings. The Morgan fingerprint density at radius 2 is 1.24 bits per heavy atom. The molecule has 2 rings (SSSR count). The molecule has 2 aliphatic carbocycles. The van der Waals surface area contributed by atoms with Gasteiger partial charge in [0.1, 0.15) is 11.9 Å². The highest BCUT2D eigenvalue weighted by Crippen LogP contribution is 2.54. The minimum atomic E-state index is -0.861. The number of hydrogen-bond acceptors (Lipinski definition) is 5. The number of hydrogen-bond donors (Lipinski definition) is 5. The molecule has 45 heavy (non-hydrogen) atoms. The molecular weight excluding hydrogens is 560 g/mol. The first-order chi connectivity index (χ1) is 20.8. The first-order valence-corrected chi connectivity index (χ1v) is 16.1. The first-order valence-electron chi connectivity index (χ1n) is 16.1. The monoisotopic (exact) mass is 618 g/mol. The smallest absolute Gasteiger partial charge is 0.117 e. The summed E-state index contributed by atoms with van der Waals surface area (Å²) in [5.41, 5.74) is 4.87. The van der Waals surface area contributed by atoms with Gasteiger partial charge >= 0.3 is 0 Å². The van der Waals surface area contributed by atoms with E-state index in [1.165, 1.54) is 6.08 Å². The number of allylic oxidation sites excluding steroid dienone is 17. The van der Waals surface area contributed by atoms with Crippen LogP contribution < -0.4 is 0 Å². The maximum atomic E-state index is 10.9. The summed E-state index contributed by atoms with van der Waals surface area (Å²) in [4.78, 5) is 0. The summed E-state index contributed by atoms with van der Waals surface area (Å²) in [6.07, 6.45) is 24.2. The van der Waals surface area contributed by atoms with Crippen LogP contribution in [-0.4, -0.2) is 49.9 Å². The molecule has 0 aromatic heterocycles. The molecule has 248 valence electrons. The Morgan fingerprint density at radius 1 is 0.733 bits per heavy atom. The van der Waals surface area contributed by atoms with Crippen molar-refractivity contribution in [1.29, 1.82) is 0 Å². The Labute approximate surface area is 272 Å². The molecule has 1 saturated carbocycles. The highest BCUT2D eigenvalue weighted by atomic mass is 16.3. The minimum Gasteiger partial charge on any atom is -0.508 e. The lowest BCUT2D eigenvalue weighted by Crippen LogP contribution is -2.40. The van der Waals surface area contributed by atoms with E-state index in [-0.39, 0.29) is 16.6 Å². The normalized spacial score (nSPS) is 29.7. The van der Waals surface area contributed by atoms with Crippen molar-refractivity contribution in [3.05, 3.63) is 118 Å². The van der Waals surface area contributed by atoms with Crippen molar-refractivity contribution >= 4 is 0 Å². The Bertz CT molecular complexity index is 1350. The van der Waals surface area contributed by atoms with Gasteiger partial charge in [0.15, 0.2) is 0 Å². The van der Waals surface area contributed by atoms with Gasteiger partial charge in [-0.25, -0.2) is 0 Å². The fraction of sp³-hybridized carbons (Fsp3) is 0.500. The summed E-state index contributed by atoms with van der Waals surface area (Å²) in [6.45, 7) is 20.1. The second kappa shape index (κ2) is 16.0. The summed E-state index contributed by atoms with van der Waals surface area (Å²) in [6, 6.07) is 0. The van der Waals surface area contributed by atoms with E-state index >= 15 is 0 Å². The van der Waals surface area contributed by atoms with E-state index in [1.54, 1.807) is 6.92 Å². The van der Waals surface area contributed by atoms with Gasteiger partial charge in [0.25, 0.3) is 0 Å². The van der Waals surface area contributed by atoms with Crippen LogP contribution in [0.15, 0.2) is 118 Å². The van der Waals surface area contributed by atoms with E-state index in [9.17, 15) is 25.5 Å². The second-order valence-electron chi connectivity index (χ2n) is 14.6. The van der Waals surface area contributed by atoms with Crippen molar-refractivity contribution in [2.24, 2.45) is 16.2 Å². The lowest BCUT2D eigenvalue weighted by molar-refractivity contribution is -0.00183. The second-order valence-corrected chi connectivity index (χ2v) is 14.6. The Kier molecular flexibility index (Phi) is 13.6. The predicted octanol–water partition coefficient (Wildman–Crippen LogP) is 8.45. The summed E-state index contributed by atoms with van der Waals surface area (Å²) in [5, 5.41) is 52.0. The molecule has 0 aliphatic heterocycles. The molecule has 0 saturated heterocycles. The molecule has 0 aromatic carbocycles. The van der Waals surface area contributed by atoms with Crippen LogP contribution in [0.1, 0.15) is 88.5 Å². The van der Waals surface area contributed by atoms with Crippen molar-refractivity contribution in [3.63, 3.8) is 0 Å². The van der Waals surface area contributed by atoms with Crippen molar-refractivity contribution in [3.8, 4) is 0 Å². The Hall–Kier alpha value is -2.96. The van der Waals surface area contributed by atoms with E-state index in [4.69, 9.17) is 0 Å². The Morgan fingerprint density at radius 3 is 1.78 bits per heavy atom. The lowest BCUT2D eigenvalue weighted by atomic mass is 9.66. The van der Waals surface area contributed by atoms with Gasteiger partial charge in [-0.2, -0.15) is 0 Å². The standard InChI is InChI=1S/C40H58O5/c1-27(17-13-18-29(3)21-22-33-31(5)37(45)35(43)26-38(33,6)7)15-11-12-16-28(2)19-14-20-30(4)34(42)23-36(44)40(10)25-32(41)24-39(40,8)9/h11-23,32,35-37,41-45H,24-26H2,1-10H3/b12-11+,17-13+,19-14+,22-21+,27-15+,28-16+,29-18+,30-20+,34-23-/t32-,35-,36?,37+,40-/m0/s1.